The predicted molar refractivity (Wildman–Crippen MR) is 108 cm³/mol. The number of benzene rings is 1. The minimum absolute atomic E-state index is 0.000864. The van der Waals surface area contributed by atoms with Crippen LogP contribution < -0.4 is 4.72 Å². The molecule has 1 aromatic carbocycles. The second kappa shape index (κ2) is 8.45. The van der Waals surface area contributed by atoms with Crippen LogP contribution in [0.4, 0.5) is 13.2 Å². The van der Waals surface area contributed by atoms with E-state index in [1.807, 2.05) is 20.8 Å². The molecule has 1 rings (SSSR count). The summed E-state index contributed by atoms with van der Waals surface area (Å²) in [5, 5.41) is 0.000864. The Kier molecular flexibility index (Phi) is 7.66. The first kappa shape index (κ1) is 24.5. The van der Waals surface area contributed by atoms with Crippen molar-refractivity contribution in [2.24, 2.45) is 0 Å². The van der Waals surface area contributed by atoms with Crippen molar-refractivity contribution in [3.05, 3.63) is 35.4 Å². The molecule has 0 saturated heterocycles. The molecule has 0 aromatic heterocycles. The van der Waals surface area contributed by atoms with Crippen LogP contribution in [-0.2, 0) is 22.0 Å². The highest BCUT2D eigenvalue weighted by molar-refractivity contribution is 7.90. The van der Waals surface area contributed by atoms with Gasteiger partial charge in [0.1, 0.15) is 4.75 Å². The summed E-state index contributed by atoms with van der Waals surface area (Å²) in [4.78, 5) is 0. The van der Waals surface area contributed by atoms with Crippen molar-refractivity contribution < 1.29 is 22.2 Å². The third-order valence-electron chi connectivity index (χ3n) is 4.86. The van der Waals surface area contributed by atoms with Gasteiger partial charge in [-0.25, -0.2) is 0 Å². The lowest BCUT2D eigenvalue weighted by molar-refractivity contribution is -0.137. The van der Waals surface area contributed by atoms with E-state index in [9.17, 15) is 17.7 Å². The van der Waals surface area contributed by atoms with E-state index < -0.39 is 42.2 Å². The Balaban J connectivity index is 3.08. The molecule has 1 aromatic rings. The summed E-state index contributed by atoms with van der Waals surface area (Å²) in [5.74, 6) is 0. The molecule has 156 valence electrons. The summed E-state index contributed by atoms with van der Waals surface area (Å²) >= 11 is -1.38. The average molecular weight is 424 g/mol. The minimum atomic E-state index is -4.38. The summed E-state index contributed by atoms with van der Waals surface area (Å²) in [6.07, 6.45) is -4.38. The Morgan fingerprint density at radius 1 is 1.04 bits per heavy atom. The molecule has 0 saturated carbocycles. The van der Waals surface area contributed by atoms with Crippen molar-refractivity contribution in [2.45, 2.75) is 76.6 Å². The average Bonchev–Trinajstić information content (AvgIpc) is 2.48. The number of hydrogen-bond acceptors (Lipinski definition) is 3. The fraction of sp³-hybridized carbons (Fsp3) is 0.684. The zero-order valence-corrected chi connectivity index (χ0v) is 19.3. The lowest BCUT2D eigenvalue weighted by Gasteiger charge is -2.37. The van der Waals surface area contributed by atoms with Crippen molar-refractivity contribution in [3.63, 3.8) is 0 Å². The first-order chi connectivity index (χ1) is 11.9. The van der Waals surface area contributed by atoms with E-state index in [0.29, 0.717) is 5.56 Å². The monoisotopic (exact) mass is 423 g/mol. The Labute approximate surface area is 165 Å². The molecule has 0 aliphatic heterocycles. The van der Waals surface area contributed by atoms with Gasteiger partial charge in [-0.15, -0.1) is 4.72 Å². The molecule has 8 heteroatoms. The maximum absolute atomic E-state index is 12.8. The van der Waals surface area contributed by atoms with E-state index in [1.165, 1.54) is 12.1 Å². The molecular weight excluding hydrogens is 391 g/mol. The maximum Gasteiger partial charge on any atom is 0.416 e. The van der Waals surface area contributed by atoms with Gasteiger partial charge in [0.05, 0.1) is 18.2 Å². The highest BCUT2D eigenvalue weighted by atomic mass is 32.2. The summed E-state index contributed by atoms with van der Waals surface area (Å²) in [5.41, 5.74) is -0.0773. The Morgan fingerprint density at radius 2 is 1.52 bits per heavy atom. The first-order valence-electron chi connectivity index (χ1n) is 8.94. The van der Waals surface area contributed by atoms with Gasteiger partial charge in [0.15, 0.2) is 8.32 Å². The smallest absolute Gasteiger partial charge is 0.416 e. The Hall–Kier alpha value is -0.543. The van der Waals surface area contributed by atoms with Crippen molar-refractivity contribution in [1.82, 2.24) is 4.72 Å². The van der Waals surface area contributed by atoms with Crippen LogP contribution in [0, 0.1) is 0 Å². The quantitative estimate of drug-likeness (QED) is 0.463. The first-order valence-corrected chi connectivity index (χ1v) is 13.0. The fourth-order valence-corrected chi connectivity index (χ4v) is 3.75. The molecule has 0 aliphatic carbocycles. The molecular formula is C19H32F3NO2SSi. The molecule has 0 heterocycles. The molecule has 0 aliphatic rings. The van der Waals surface area contributed by atoms with E-state index in [2.05, 4.69) is 38.6 Å². The Morgan fingerprint density at radius 3 is 1.89 bits per heavy atom. The van der Waals surface area contributed by atoms with Gasteiger partial charge in [-0.1, -0.05) is 32.9 Å². The zero-order valence-electron chi connectivity index (χ0n) is 17.5. The summed E-state index contributed by atoms with van der Waals surface area (Å²) in [6.45, 7) is 16.4. The lowest BCUT2D eigenvalue weighted by atomic mass is 10.1. The van der Waals surface area contributed by atoms with Gasteiger partial charge in [0, 0.05) is 11.4 Å². The van der Waals surface area contributed by atoms with Gasteiger partial charge in [-0.3, -0.25) is 0 Å². The van der Waals surface area contributed by atoms with Gasteiger partial charge in [0.2, 0.25) is 0 Å². The number of alkyl halides is 3. The fourth-order valence-electron chi connectivity index (χ4n) is 1.92. The van der Waals surface area contributed by atoms with Gasteiger partial charge in [-0.2, -0.15) is 13.2 Å². The van der Waals surface area contributed by atoms with Crippen LogP contribution in [0.1, 0.15) is 58.7 Å². The number of nitrogens with one attached hydrogen (secondary N) is 1. The van der Waals surface area contributed by atoms with Gasteiger partial charge >= 0.3 is 6.18 Å². The molecule has 0 amide bonds. The highest BCUT2D eigenvalue weighted by Crippen LogP contribution is 2.37. The van der Waals surface area contributed by atoms with E-state index in [4.69, 9.17) is 4.43 Å². The maximum atomic E-state index is 12.8. The molecule has 0 radical (unpaired) electrons. The van der Waals surface area contributed by atoms with Crippen LogP contribution in [0.5, 0.6) is 0 Å². The Bertz CT molecular complexity index is 607. The van der Waals surface area contributed by atoms with E-state index in [1.54, 1.807) is 0 Å². The molecule has 0 spiro atoms. The normalized spacial score (nSPS) is 16.3. The highest BCUT2D eigenvalue weighted by Gasteiger charge is 2.39. The van der Waals surface area contributed by atoms with Crippen LogP contribution in [-0.4, -0.2) is 24.2 Å². The van der Waals surface area contributed by atoms with Crippen LogP contribution in [0.3, 0.4) is 0 Å². The summed E-state index contributed by atoms with van der Waals surface area (Å²) < 4.78 is 59.9. The minimum Gasteiger partial charge on any atom is -0.598 e. The molecule has 0 unspecified atom stereocenters. The predicted octanol–water partition coefficient (Wildman–Crippen LogP) is 5.82. The number of halogens is 3. The third kappa shape index (κ3) is 7.09. The van der Waals surface area contributed by atoms with Crippen LogP contribution in [0.2, 0.25) is 18.1 Å². The van der Waals surface area contributed by atoms with Crippen molar-refractivity contribution in [1.29, 1.82) is 0 Å². The lowest BCUT2D eigenvalue weighted by Crippen LogP contribution is -2.46. The number of hydrogen-bond donors (Lipinski definition) is 1. The largest absolute Gasteiger partial charge is 0.598 e. The molecule has 3 nitrogen and oxygen atoms in total. The van der Waals surface area contributed by atoms with E-state index in [0.717, 1.165) is 12.1 Å². The van der Waals surface area contributed by atoms with Crippen molar-refractivity contribution in [3.8, 4) is 0 Å². The SMILES string of the molecule is CC(C)(C)[S@+]([O-])N[C@H](CO[Si](C)(C)C(C)(C)C)c1ccc(C(F)(F)F)cc1. The number of rotatable bonds is 6. The van der Waals surface area contributed by atoms with Crippen LogP contribution >= 0.6 is 0 Å². The van der Waals surface area contributed by atoms with Crippen LogP contribution in [0.25, 0.3) is 0 Å². The summed E-state index contributed by atoms with van der Waals surface area (Å²) in [6, 6.07) is 4.50. The van der Waals surface area contributed by atoms with Crippen molar-refractivity contribution in [2.75, 3.05) is 6.61 Å². The second-order valence-electron chi connectivity index (χ2n) is 9.24. The van der Waals surface area contributed by atoms with Gasteiger partial charge in [0.25, 0.3) is 0 Å². The standard InChI is InChI=1S/C19H32F3NO2SSi/c1-17(2,3)26(24)23-16(13-25-27(7,8)18(4,5)6)14-9-11-15(12-10-14)19(20,21)22/h9-12,16,23H,13H2,1-8H3/t16-,26+/m1/s1. The topological polar surface area (TPSA) is 44.3 Å². The zero-order chi connectivity index (χ0) is 21.3. The van der Waals surface area contributed by atoms with E-state index >= 15 is 0 Å². The van der Waals surface area contributed by atoms with Crippen molar-refractivity contribution >= 4 is 19.7 Å². The molecule has 0 fully saturated rings. The van der Waals surface area contributed by atoms with Gasteiger partial charge < -0.3 is 8.98 Å². The molecule has 27 heavy (non-hydrogen) atoms. The third-order valence-corrected chi connectivity index (χ3v) is 11.0. The van der Waals surface area contributed by atoms with Crippen LogP contribution in [0.15, 0.2) is 24.3 Å². The second-order valence-corrected chi connectivity index (χ2v) is 16.0. The molecule has 2 atom stereocenters. The molecule has 1 N–H and O–H groups in total. The molecule has 0 bridgehead atoms. The van der Waals surface area contributed by atoms with Gasteiger partial charge in [-0.05, 0) is 56.6 Å². The van der Waals surface area contributed by atoms with E-state index in [-0.39, 0.29) is 11.6 Å². The summed E-state index contributed by atoms with van der Waals surface area (Å²) in [7, 11) is -2.06.